The van der Waals surface area contributed by atoms with Gasteiger partial charge in [0, 0.05) is 29.3 Å². The largest absolute Gasteiger partial charge is 0.314 e. The van der Waals surface area contributed by atoms with Gasteiger partial charge in [0.2, 0.25) is 0 Å². The van der Waals surface area contributed by atoms with Crippen LogP contribution in [0.5, 0.6) is 0 Å². The van der Waals surface area contributed by atoms with Gasteiger partial charge in [-0.3, -0.25) is 4.99 Å². The van der Waals surface area contributed by atoms with E-state index in [1.807, 2.05) is 0 Å². The van der Waals surface area contributed by atoms with Crippen LogP contribution in [0.2, 0.25) is 0 Å². The Balaban J connectivity index is 1.59. The standard InChI is InChI=1S/C18H30N2/c1-12(14-5-7-18(3,4)8-6-14)20-13(2)17-10-16-9-15(17)11-19-16/h14-17,19H,1,5-11H2,2-4H3. The van der Waals surface area contributed by atoms with Crippen molar-refractivity contribution in [3.63, 3.8) is 0 Å². The maximum absolute atomic E-state index is 4.94. The summed E-state index contributed by atoms with van der Waals surface area (Å²) in [7, 11) is 0. The molecule has 2 heteroatoms. The van der Waals surface area contributed by atoms with E-state index in [2.05, 4.69) is 32.7 Å². The number of aliphatic imine (C=N–C) groups is 1. The molecule has 3 rings (SSSR count). The summed E-state index contributed by atoms with van der Waals surface area (Å²) in [6.45, 7) is 12.5. The highest BCUT2D eigenvalue weighted by Gasteiger charge is 2.40. The van der Waals surface area contributed by atoms with Gasteiger partial charge in [-0.05, 0) is 63.3 Å². The molecule has 1 saturated heterocycles. The summed E-state index contributed by atoms with van der Waals surface area (Å²) in [6, 6.07) is 0.763. The van der Waals surface area contributed by atoms with E-state index in [9.17, 15) is 0 Å². The predicted molar refractivity (Wildman–Crippen MR) is 86.0 cm³/mol. The minimum atomic E-state index is 0.534. The molecule has 2 saturated carbocycles. The Bertz CT molecular complexity index is 411. The molecule has 2 bridgehead atoms. The number of allylic oxidation sites excluding steroid dienone is 1. The lowest BCUT2D eigenvalue weighted by atomic mass is 9.72. The zero-order chi connectivity index (χ0) is 14.3. The predicted octanol–water partition coefficient (Wildman–Crippen LogP) is 4.18. The summed E-state index contributed by atoms with van der Waals surface area (Å²) in [5.74, 6) is 2.19. The number of fused-ring (bicyclic) bond motifs is 2. The molecule has 0 aromatic carbocycles. The molecule has 1 aliphatic heterocycles. The van der Waals surface area contributed by atoms with Crippen molar-refractivity contribution in [3.8, 4) is 0 Å². The molecular formula is C18H30N2. The fraction of sp³-hybridized carbons (Fsp3) is 0.833. The number of rotatable bonds is 3. The second kappa shape index (κ2) is 5.29. The first-order valence-corrected chi connectivity index (χ1v) is 8.42. The molecule has 1 N–H and O–H groups in total. The van der Waals surface area contributed by atoms with Crippen LogP contribution in [0.3, 0.4) is 0 Å². The Labute approximate surface area is 124 Å². The van der Waals surface area contributed by atoms with Crippen LogP contribution >= 0.6 is 0 Å². The van der Waals surface area contributed by atoms with Crippen LogP contribution in [0.1, 0.15) is 59.3 Å². The van der Waals surface area contributed by atoms with Crippen molar-refractivity contribution in [2.24, 2.45) is 28.2 Å². The zero-order valence-electron chi connectivity index (χ0n) is 13.4. The first-order chi connectivity index (χ1) is 9.44. The molecule has 0 aromatic heterocycles. The molecule has 3 aliphatic rings. The fourth-order valence-corrected chi connectivity index (χ4v) is 4.48. The Morgan fingerprint density at radius 3 is 2.45 bits per heavy atom. The molecule has 3 atom stereocenters. The topological polar surface area (TPSA) is 24.4 Å². The van der Waals surface area contributed by atoms with Crippen LogP contribution < -0.4 is 5.32 Å². The van der Waals surface area contributed by atoms with E-state index in [0.29, 0.717) is 11.3 Å². The average molecular weight is 274 g/mol. The lowest BCUT2D eigenvalue weighted by Crippen LogP contribution is -2.32. The maximum atomic E-state index is 4.94. The van der Waals surface area contributed by atoms with Crippen LogP contribution in [-0.4, -0.2) is 18.3 Å². The minimum absolute atomic E-state index is 0.534. The molecule has 2 nitrogen and oxygen atoms in total. The van der Waals surface area contributed by atoms with Crippen molar-refractivity contribution in [1.82, 2.24) is 5.32 Å². The summed E-state index contributed by atoms with van der Waals surface area (Å²) in [5, 5.41) is 3.59. The summed E-state index contributed by atoms with van der Waals surface area (Å²) in [6.07, 6.45) is 7.86. The lowest BCUT2D eigenvalue weighted by Gasteiger charge is -2.34. The van der Waals surface area contributed by atoms with Crippen LogP contribution in [0, 0.1) is 23.2 Å². The molecule has 0 amide bonds. The van der Waals surface area contributed by atoms with Gasteiger partial charge < -0.3 is 5.32 Å². The van der Waals surface area contributed by atoms with Crippen LogP contribution in [0.4, 0.5) is 0 Å². The molecule has 112 valence electrons. The van der Waals surface area contributed by atoms with Crippen molar-refractivity contribution in [2.75, 3.05) is 6.54 Å². The van der Waals surface area contributed by atoms with Gasteiger partial charge >= 0.3 is 0 Å². The molecule has 0 spiro atoms. The molecule has 0 radical (unpaired) electrons. The van der Waals surface area contributed by atoms with Gasteiger partial charge in [-0.2, -0.15) is 0 Å². The van der Waals surface area contributed by atoms with Gasteiger partial charge in [-0.25, -0.2) is 0 Å². The zero-order valence-corrected chi connectivity index (χ0v) is 13.4. The second-order valence-electron chi connectivity index (χ2n) is 8.13. The van der Waals surface area contributed by atoms with Gasteiger partial charge in [0.25, 0.3) is 0 Å². The second-order valence-corrected chi connectivity index (χ2v) is 8.13. The third-order valence-corrected chi connectivity index (χ3v) is 6.03. The van der Waals surface area contributed by atoms with Crippen molar-refractivity contribution < 1.29 is 0 Å². The Hall–Kier alpha value is -0.630. The number of hydrogen-bond donors (Lipinski definition) is 1. The van der Waals surface area contributed by atoms with Crippen molar-refractivity contribution in [1.29, 1.82) is 0 Å². The van der Waals surface area contributed by atoms with E-state index >= 15 is 0 Å². The Morgan fingerprint density at radius 2 is 1.90 bits per heavy atom. The highest BCUT2D eigenvalue weighted by atomic mass is 15.0. The molecule has 3 fully saturated rings. The van der Waals surface area contributed by atoms with Crippen LogP contribution in [0.25, 0.3) is 0 Å². The summed E-state index contributed by atoms with van der Waals surface area (Å²) in [4.78, 5) is 4.94. The third kappa shape index (κ3) is 2.86. The molecule has 1 heterocycles. The quantitative estimate of drug-likeness (QED) is 0.767. The minimum Gasteiger partial charge on any atom is -0.314 e. The van der Waals surface area contributed by atoms with E-state index in [1.165, 1.54) is 50.8 Å². The summed E-state index contributed by atoms with van der Waals surface area (Å²) in [5.41, 5.74) is 3.05. The smallest absolute Gasteiger partial charge is 0.0362 e. The van der Waals surface area contributed by atoms with Gasteiger partial charge in [-0.1, -0.05) is 20.4 Å². The molecule has 2 aliphatic carbocycles. The molecule has 0 aromatic rings. The molecular weight excluding hydrogens is 244 g/mol. The monoisotopic (exact) mass is 274 g/mol. The average Bonchev–Trinajstić information content (AvgIpc) is 3.00. The molecule has 20 heavy (non-hydrogen) atoms. The van der Waals surface area contributed by atoms with Crippen molar-refractivity contribution >= 4 is 5.71 Å². The molecule has 3 unspecified atom stereocenters. The normalized spacial score (nSPS) is 37.4. The van der Waals surface area contributed by atoms with Gasteiger partial charge in [0.1, 0.15) is 0 Å². The summed E-state index contributed by atoms with van der Waals surface area (Å²) >= 11 is 0. The van der Waals surface area contributed by atoms with Gasteiger partial charge in [0.05, 0.1) is 0 Å². The van der Waals surface area contributed by atoms with E-state index < -0.39 is 0 Å². The van der Waals surface area contributed by atoms with Gasteiger partial charge in [-0.15, -0.1) is 0 Å². The maximum Gasteiger partial charge on any atom is 0.0362 e. The van der Waals surface area contributed by atoms with Crippen LogP contribution in [0.15, 0.2) is 17.3 Å². The summed E-state index contributed by atoms with van der Waals surface area (Å²) < 4.78 is 0. The number of hydrogen-bond acceptors (Lipinski definition) is 2. The van der Waals surface area contributed by atoms with Gasteiger partial charge in [0.15, 0.2) is 0 Å². The van der Waals surface area contributed by atoms with Crippen molar-refractivity contribution in [2.45, 2.75) is 65.3 Å². The highest BCUT2D eigenvalue weighted by Crippen LogP contribution is 2.41. The fourth-order valence-electron chi connectivity index (χ4n) is 4.48. The lowest BCUT2D eigenvalue weighted by molar-refractivity contribution is 0.208. The Morgan fingerprint density at radius 1 is 1.20 bits per heavy atom. The first-order valence-electron chi connectivity index (χ1n) is 8.42. The first kappa shape index (κ1) is 14.3. The van der Waals surface area contributed by atoms with E-state index in [4.69, 9.17) is 4.99 Å². The van der Waals surface area contributed by atoms with E-state index in [1.54, 1.807) is 0 Å². The van der Waals surface area contributed by atoms with Crippen molar-refractivity contribution in [3.05, 3.63) is 12.3 Å². The van der Waals surface area contributed by atoms with E-state index in [-0.39, 0.29) is 0 Å². The number of piperidine rings is 1. The Kier molecular flexibility index (Phi) is 3.79. The highest BCUT2D eigenvalue weighted by molar-refractivity contribution is 5.86. The van der Waals surface area contributed by atoms with E-state index in [0.717, 1.165) is 23.6 Å². The van der Waals surface area contributed by atoms with Crippen LogP contribution in [-0.2, 0) is 0 Å². The number of nitrogens with one attached hydrogen (secondary N) is 1. The third-order valence-electron chi connectivity index (χ3n) is 6.03. The number of nitrogens with zero attached hydrogens (tertiary/aromatic N) is 1. The SMILES string of the molecule is C=C(N=C(C)C1CC2CC1CN2)C1CCC(C)(C)CC1.